The summed E-state index contributed by atoms with van der Waals surface area (Å²) in [6, 6.07) is 7.99. The maximum Gasteiger partial charge on any atom is 0.295 e. The average molecular weight is 444 g/mol. The molecule has 3 aromatic rings. The molecule has 2 fully saturated rings. The molecule has 170 valence electrons. The summed E-state index contributed by atoms with van der Waals surface area (Å²) in [4.78, 5) is 21.0. The summed E-state index contributed by atoms with van der Waals surface area (Å²) in [6.45, 7) is 8.64. The van der Waals surface area contributed by atoms with E-state index in [0.29, 0.717) is 53.5 Å². The number of alkyl halides is 2. The summed E-state index contributed by atoms with van der Waals surface area (Å²) < 4.78 is 32.1. The number of nitrogens with zero attached hydrogens (tertiary/aromatic N) is 5. The fraction of sp³-hybridized carbons (Fsp3) is 0.500. The summed E-state index contributed by atoms with van der Waals surface area (Å²) in [7, 11) is 0. The lowest BCUT2D eigenvalue weighted by atomic mass is 10.1. The van der Waals surface area contributed by atoms with Crippen molar-refractivity contribution in [1.29, 1.82) is 0 Å². The number of halogens is 2. The van der Waals surface area contributed by atoms with Crippen molar-refractivity contribution < 1.29 is 13.5 Å². The summed E-state index contributed by atoms with van der Waals surface area (Å²) in [5, 5.41) is 3.53. The topological polar surface area (TPSA) is 82.2 Å². The highest BCUT2D eigenvalue weighted by Crippen LogP contribution is 2.32. The van der Waals surface area contributed by atoms with Crippen LogP contribution in [-0.4, -0.2) is 71.4 Å². The smallest absolute Gasteiger partial charge is 0.295 e. The Bertz CT molecular complexity index is 1090. The third kappa shape index (κ3) is 4.12. The number of nitrogens with one attached hydrogen (secondary N) is 2. The lowest BCUT2D eigenvalue weighted by Gasteiger charge is -2.37. The second-order valence-electron chi connectivity index (χ2n) is 8.51. The Morgan fingerprint density at radius 2 is 1.78 bits per heavy atom. The number of H-pyrrole nitrogens is 1. The van der Waals surface area contributed by atoms with E-state index in [1.807, 2.05) is 18.2 Å². The number of ether oxygens (including phenoxy) is 1. The van der Waals surface area contributed by atoms with Gasteiger partial charge in [-0.05, 0) is 19.9 Å². The van der Waals surface area contributed by atoms with E-state index in [0.717, 1.165) is 32.0 Å². The van der Waals surface area contributed by atoms with Gasteiger partial charge in [-0.15, -0.1) is 0 Å². The van der Waals surface area contributed by atoms with Crippen LogP contribution in [0.1, 0.15) is 26.1 Å². The summed E-state index contributed by atoms with van der Waals surface area (Å²) in [5.74, 6) is 1.12. The SMILES string of the molecule is C[C@@H]1CN(c2nc(-c3cccc4[nH]c(C(F)F)nc34)cc(N3CCOCC3)n2)C[C@H](C)N1. The number of aromatic nitrogens is 4. The van der Waals surface area contributed by atoms with Crippen LogP contribution in [0.15, 0.2) is 24.3 Å². The molecular weight excluding hydrogens is 416 g/mol. The molecule has 0 aliphatic carbocycles. The average Bonchev–Trinajstić information content (AvgIpc) is 3.24. The van der Waals surface area contributed by atoms with Gasteiger partial charge in [0.15, 0.2) is 5.82 Å². The van der Waals surface area contributed by atoms with Crippen LogP contribution in [0.4, 0.5) is 20.5 Å². The third-order valence-corrected chi connectivity index (χ3v) is 5.89. The molecule has 1 aromatic carbocycles. The molecule has 0 saturated carbocycles. The lowest BCUT2D eigenvalue weighted by molar-refractivity contribution is 0.122. The zero-order chi connectivity index (χ0) is 22.2. The van der Waals surface area contributed by atoms with Gasteiger partial charge in [0.05, 0.1) is 29.9 Å². The Morgan fingerprint density at radius 1 is 1.03 bits per heavy atom. The summed E-state index contributed by atoms with van der Waals surface area (Å²) in [6.07, 6.45) is -2.66. The Morgan fingerprint density at radius 3 is 2.50 bits per heavy atom. The predicted molar refractivity (Wildman–Crippen MR) is 119 cm³/mol. The number of benzene rings is 1. The van der Waals surface area contributed by atoms with Crippen molar-refractivity contribution in [3.8, 4) is 11.3 Å². The number of anilines is 2. The Kier molecular flexibility index (Phi) is 5.64. The number of hydrogen-bond acceptors (Lipinski definition) is 7. The third-order valence-electron chi connectivity index (χ3n) is 5.89. The monoisotopic (exact) mass is 443 g/mol. The van der Waals surface area contributed by atoms with Crippen LogP contribution in [-0.2, 0) is 4.74 Å². The van der Waals surface area contributed by atoms with E-state index in [1.165, 1.54) is 0 Å². The van der Waals surface area contributed by atoms with Gasteiger partial charge in [0.25, 0.3) is 6.43 Å². The van der Waals surface area contributed by atoms with Crippen LogP contribution >= 0.6 is 0 Å². The number of rotatable bonds is 4. The predicted octanol–water partition coefficient (Wildman–Crippen LogP) is 2.98. The summed E-state index contributed by atoms with van der Waals surface area (Å²) in [5.41, 5.74) is 2.44. The van der Waals surface area contributed by atoms with E-state index in [1.54, 1.807) is 6.07 Å². The van der Waals surface area contributed by atoms with Crippen LogP contribution in [0.5, 0.6) is 0 Å². The molecule has 0 bridgehead atoms. The van der Waals surface area contributed by atoms with Crippen LogP contribution in [0.25, 0.3) is 22.3 Å². The number of hydrogen-bond donors (Lipinski definition) is 2. The van der Waals surface area contributed by atoms with Gasteiger partial charge in [0.1, 0.15) is 5.82 Å². The van der Waals surface area contributed by atoms with Crippen molar-refractivity contribution in [2.75, 3.05) is 49.2 Å². The van der Waals surface area contributed by atoms with Crippen LogP contribution in [0, 0.1) is 0 Å². The second-order valence-corrected chi connectivity index (χ2v) is 8.51. The molecule has 2 atom stereocenters. The molecule has 5 rings (SSSR count). The van der Waals surface area contributed by atoms with Crippen molar-refractivity contribution in [3.05, 3.63) is 30.1 Å². The van der Waals surface area contributed by atoms with Crippen LogP contribution < -0.4 is 15.1 Å². The van der Waals surface area contributed by atoms with Crippen molar-refractivity contribution in [1.82, 2.24) is 25.3 Å². The second kappa shape index (κ2) is 8.59. The molecule has 2 N–H and O–H groups in total. The molecule has 2 aliphatic rings. The highest BCUT2D eigenvalue weighted by atomic mass is 19.3. The van der Waals surface area contributed by atoms with Gasteiger partial charge in [-0.25, -0.2) is 18.7 Å². The van der Waals surface area contributed by atoms with Gasteiger partial charge in [-0.1, -0.05) is 12.1 Å². The number of aromatic amines is 1. The molecule has 2 aliphatic heterocycles. The van der Waals surface area contributed by atoms with Crippen molar-refractivity contribution >= 4 is 22.8 Å². The zero-order valence-corrected chi connectivity index (χ0v) is 18.2. The molecule has 0 amide bonds. The highest BCUT2D eigenvalue weighted by Gasteiger charge is 2.25. The number of imidazole rings is 1. The number of fused-ring (bicyclic) bond motifs is 1. The molecule has 8 nitrogen and oxygen atoms in total. The first-order valence-corrected chi connectivity index (χ1v) is 11.0. The number of morpholine rings is 1. The molecule has 32 heavy (non-hydrogen) atoms. The summed E-state index contributed by atoms with van der Waals surface area (Å²) >= 11 is 0. The highest BCUT2D eigenvalue weighted by molar-refractivity contribution is 5.91. The van der Waals surface area contributed by atoms with E-state index < -0.39 is 6.43 Å². The molecule has 2 saturated heterocycles. The largest absolute Gasteiger partial charge is 0.378 e. The molecular formula is C22H27F2N7O. The van der Waals surface area contributed by atoms with Crippen molar-refractivity contribution in [3.63, 3.8) is 0 Å². The number of para-hydroxylation sites is 1. The molecule has 10 heteroatoms. The first-order chi connectivity index (χ1) is 15.5. The van der Waals surface area contributed by atoms with E-state index >= 15 is 0 Å². The van der Waals surface area contributed by atoms with E-state index in [9.17, 15) is 8.78 Å². The van der Waals surface area contributed by atoms with Gasteiger partial charge < -0.3 is 24.8 Å². The van der Waals surface area contributed by atoms with E-state index in [4.69, 9.17) is 14.7 Å². The fourth-order valence-electron chi connectivity index (χ4n) is 4.51. The van der Waals surface area contributed by atoms with Gasteiger partial charge in [-0.2, -0.15) is 4.98 Å². The van der Waals surface area contributed by atoms with Crippen LogP contribution in [0.3, 0.4) is 0 Å². The number of piperazine rings is 1. The van der Waals surface area contributed by atoms with Gasteiger partial charge in [-0.3, -0.25) is 0 Å². The Balaban J connectivity index is 1.62. The van der Waals surface area contributed by atoms with Crippen molar-refractivity contribution in [2.24, 2.45) is 0 Å². The van der Waals surface area contributed by atoms with Gasteiger partial charge in [0, 0.05) is 49.9 Å². The normalized spacial score (nSPS) is 22.2. The maximum atomic E-state index is 13.3. The van der Waals surface area contributed by atoms with Gasteiger partial charge >= 0.3 is 0 Å². The molecule has 0 spiro atoms. The maximum absolute atomic E-state index is 13.3. The molecule has 0 unspecified atom stereocenters. The van der Waals surface area contributed by atoms with E-state index in [2.05, 4.69) is 38.9 Å². The first kappa shape index (κ1) is 21.0. The zero-order valence-electron chi connectivity index (χ0n) is 18.2. The minimum Gasteiger partial charge on any atom is -0.378 e. The van der Waals surface area contributed by atoms with Crippen LogP contribution in [0.2, 0.25) is 0 Å². The molecule has 4 heterocycles. The standard InChI is InChI=1S/C22H27F2N7O/c1-13-11-31(12-14(2)25-13)22-27-17(10-18(28-22)30-6-8-32-9-7-30)15-4-3-5-16-19(15)29-21(26-16)20(23)24/h3-5,10,13-14,20,25H,6-9,11-12H2,1-2H3,(H,26,29)/t13-,14+. The minimum atomic E-state index is -2.66. The van der Waals surface area contributed by atoms with Crippen molar-refractivity contribution in [2.45, 2.75) is 32.4 Å². The quantitative estimate of drug-likeness (QED) is 0.642. The fourth-order valence-corrected chi connectivity index (χ4v) is 4.51. The molecule has 2 aromatic heterocycles. The minimum absolute atomic E-state index is 0.307. The molecule has 0 radical (unpaired) electrons. The first-order valence-electron chi connectivity index (χ1n) is 11.0. The van der Waals surface area contributed by atoms with E-state index in [-0.39, 0.29) is 5.82 Å². The Hall–Kier alpha value is -2.85. The Labute approximate surface area is 185 Å². The van der Waals surface area contributed by atoms with Gasteiger partial charge in [0.2, 0.25) is 5.95 Å². The lowest BCUT2D eigenvalue weighted by Crippen LogP contribution is -2.54.